The van der Waals surface area contributed by atoms with Gasteiger partial charge in [-0.05, 0) is 13.8 Å². The fourth-order valence-electron chi connectivity index (χ4n) is 2.15. The molecular formula is C16H16N4O. The van der Waals surface area contributed by atoms with Crippen molar-refractivity contribution in [3.05, 3.63) is 48.3 Å². The number of rotatable bonds is 3. The number of aromatic amines is 1. The maximum absolute atomic E-state index is 12.2. The third-order valence-electron chi connectivity index (χ3n) is 3.11. The predicted molar refractivity (Wildman–Crippen MR) is 81.9 cm³/mol. The molecule has 2 aromatic heterocycles. The minimum absolute atomic E-state index is 0.0766. The van der Waals surface area contributed by atoms with Crippen LogP contribution in [0.3, 0.4) is 0 Å². The second-order valence-corrected chi connectivity index (χ2v) is 5.15. The molecule has 1 aromatic carbocycles. The van der Waals surface area contributed by atoms with E-state index < -0.39 is 0 Å². The smallest absolute Gasteiger partial charge is 0.255 e. The lowest BCUT2D eigenvalue weighted by Gasteiger charge is -2.07. The SMILES string of the molecule is CC(C)NC(=O)c1c[nH]c2ncc(-c3ccccc3)nc12. The zero-order valence-electron chi connectivity index (χ0n) is 11.9. The Morgan fingerprint density at radius 3 is 2.71 bits per heavy atom. The van der Waals surface area contributed by atoms with E-state index in [4.69, 9.17) is 0 Å². The van der Waals surface area contributed by atoms with E-state index in [1.54, 1.807) is 12.4 Å². The molecule has 0 bridgehead atoms. The lowest BCUT2D eigenvalue weighted by atomic mass is 10.1. The van der Waals surface area contributed by atoms with Crippen LogP contribution in [0.1, 0.15) is 24.2 Å². The molecular weight excluding hydrogens is 264 g/mol. The van der Waals surface area contributed by atoms with E-state index >= 15 is 0 Å². The Hall–Kier alpha value is -2.69. The molecule has 2 N–H and O–H groups in total. The van der Waals surface area contributed by atoms with E-state index in [1.165, 1.54) is 0 Å². The zero-order chi connectivity index (χ0) is 14.8. The highest BCUT2D eigenvalue weighted by Crippen LogP contribution is 2.20. The van der Waals surface area contributed by atoms with Crippen molar-refractivity contribution in [3.8, 4) is 11.3 Å². The number of nitrogens with zero attached hydrogens (tertiary/aromatic N) is 2. The van der Waals surface area contributed by atoms with Gasteiger partial charge in [-0.2, -0.15) is 0 Å². The highest BCUT2D eigenvalue weighted by Gasteiger charge is 2.15. The molecule has 3 aromatic rings. The molecule has 21 heavy (non-hydrogen) atoms. The van der Waals surface area contributed by atoms with E-state index in [9.17, 15) is 4.79 Å². The fourth-order valence-corrected chi connectivity index (χ4v) is 2.15. The normalized spacial score (nSPS) is 11.0. The molecule has 0 aliphatic carbocycles. The largest absolute Gasteiger partial charge is 0.350 e. The molecule has 0 aliphatic heterocycles. The number of benzene rings is 1. The molecule has 0 saturated heterocycles. The average molecular weight is 280 g/mol. The van der Waals surface area contributed by atoms with Crippen LogP contribution in [-0.2, 0) is 0 Å². The molecule has 0 spiro atoms. The Balaban J connectivity index is 2.06. The third kappa shape index (κ3) is 2.63. The number of hydrogen-bond acceptors (Lipinski definition) is 3. The number of carbonyl (C=O) groups is 1. The number of hydrogen-bond donors (Lipinski definition) is 2. The van der Waals surface area contributed by atoms with E-state index in [0.29, 0.717) is 16.7 Å². The fraction of sp³-hybridized carbons (Fsp3) is 0.188. The molecule has 0 unspecified atom stereocenters. The molecule has 106 valence electrons. The Morgan fingerprint density at radius 2 is 2.00 bits per heavy atom. The quantitative estimate of drug-likeness (QED) is 0.775. The van der Waals surface area contributed by atoms with Gasteiger partial charge in [-0.1, -0.05) is 30.3 Å². The molecule has 5 nitrogen and oxygen atoms in total. The summed E-state index contributed by atoms with van der Waals surface area (Å²) in [6, 6.07) is 9.86. The molecule has 2 heterocycles. The maximum atomic E-state index is 12.2. The van der Waals surface area contributed by atoms with Gasteiger partial charge in [-0.25, -0.2) is 9.97 Å². The van der Waals surface area contributed by atoms with Crippen LogP contribution in [0.15, 0.2) is 42.7 Å². The summed E-state index contributed by atoms with van der Waals surface area (Å²) in [7, 11) is 0. The summed E-state index contributed by atoms with van der Waals surface area (Å²) in [5, 5.41) is 2.87. The van der Waals surface area contributed by atoms with Gasteiger partial charge in [0.15, 0.2) is 5.65 Å². The van der Waals surface area contributed by atoms with Crippen molar-refractivity contribution in [1.29, 1.82) is 0 Å². The summed E-state index contributed by atoms with van der Waals surface area (Å²) in [6.45, 7) is 3.85. The number of amides is 1. The van der Waals surface area contributed by atoms with Crippen molar-refractivity contribution >= 4 is 17.1 Å². The van der Waals surface area contributed by atoms with Gasteiger partial charge >= 0.3 is 0 Å². The van der Waals surface area contributed by atoms with Crippen molar-refractivity contribution < 1.29 is 4.79 Å². The second-order valence-electron chi connectivity index (χ2n) is 5.15. The summed E-state index contributed by atoms with van der Waals surface area (Å²) in [5.41, 5.74) is 3.45. The van der Waals surface area contributed by atoms with Crippen LogP contribution in [-0.4, -0.2) is 26.9 Å². The standard InChI is InChI=1S/C16H16N4O/c1-10(2)19-16(21)12-8-17-15-14(12)20-13(9-18-15)11-6-4-3-5-7-11/h3-10H,1-2H3,(H,17,18)(H,19,21). The van der Waals surface area contributed by atoms with Gasteiger partial charge < -0.3 is 10.3 Å². The van der Waals surface area contributed by atoms with Crippen LogP contribution >= 0.6 is 0 Å². The minimum atomic E-state index is -0.143. The Labute approximate surface area is 122 Å². The molecule has 0 radical (unpaired) electrons. The van der Waals surface area contributed by atoms with Crippen molar-refractivity contribution in [1.82, 2.24) is 20.3 Å². The van der Waals surface area contributed by atoms with E-state index in [-0.39, 0.29) is 11.9 Å². The van der Waals surface area contributed by atoms with E-state index in [1.807, 2.05) is 44.2 Å². The van der Waals surface area contributed by atoms with E-state index in [0.717, 1.165) is 11.3 Å². The van der Waals surface area contributed by atoms with Crippen molar-refractivity contribution in [2.24, 2.45) is 0 Å². The Kier molecular flexibility index (Phi) is 3.39. The minimum Gasteiger partial charge on any atom is -0.350 e. The van der Waals surface area contributed by atoms with Crippen molar-refractivity contribution in [2.75, 3.05) is 0 Å². The van der Waals surface area contributed by atoms with Crippen LogP contribution in [0, 0.1) is 0 Å². The van der Waals surface area contributed by atoms with Gasteiger partial charge in [0.2, 0.25) is 0 Å². The number of aromatic nitrogens is 3. The zero-order valence-corrected chi connectivity index (χ0v) is 11.9. The van der Waals surface area contributed by atoms with Gasteiger partial charge in [-0.3, -0.25) is 4.79 Å². The number of H-pyrrole nitrogens is 1. The molecule has 3 rings (SSSR count). The first-order chi connectivity index (χ1) is 10.1. The maximum Gasteiger partial charge on any atom is 0.255 e. The van der Waals surface area contributed by atoms with Gasteiger partial charge in [0.25, 0.3) is 5.91 Å². The molecule has 0 aliphatic rings. The van der Waals surface area contributed by atoms with Crippen molar-refractivity contribution in [3.63, 3.8) is 0 Å². The van der Waals surface area contributed by atoms with Gasteiger partial charge in [0, 0.05) is 17.8 Å². The number of carbonyl (C=O) groups excluding carboxylic acids is 1. The van der Waals surface area contributed by atoms with Gasteiger partial charge in [-0.15, -0.1) is 0 Å². The molecule has 5 heteroatoms. The predicted octanol–water partition coefficient (Wildman–Crippen LogP) is 2.76. The lowest BCUT2D eigenvalue weighted by molar-refractivity contribution is 0.0944. The average Bonchev–Trinajstić information content (AvgIpc) is 2.90. The molecule has 1 amide bonds. The summed E-state index contributed by atoms with van der Waals surface area (Å²) in [5.74, 6) is -0.143. The van der Waals surface area contributed by atoms with Gasteiger partial charge in [0.05, 0.1) is 17.5 Å². The van der Waals surface area contributed by atoms with Crippen LogP contribution in [0.2, 0.25) is 0 Å². The van der Waals surface area contributed by atoms with Crippen LogP contribution in [0.5, 0.6) is 0 Å². The second kappa shape index (κ2) is 5.36. The van der Waals surface area contributed by atoms with E-state index in [2.05, 4.69) is 20.3 Å². The topological polar surface area (TPSA) is 70.7 Å². The first-order valence-electron chi connectivity index (χ1n) is 6.85. The van der Waals surface area contributed by atoms with Gasteiger partial charge in [0.1, 0.15) is 5.52 Å². The number of nitrogens with one attached hydrogen (secondary N) is 2. The first kappa shape index (κ1) is 13.3. The Bertz CT molecular complexity index is 777. The highest BCUT2D eigenvalue weighted by atomic mass is 16.1. The number of fused-ring (bicyclic) bond motifs is 1. The molecule has 0 fully saturated rings. The highest BCUT2D eigenvalue weighted by molar-refractivity contribution is 6.04. The lowest BCUT2D eigenvalue weighted by Crippen LogP contribution is -2.29. The van der Waals surface area contributed by atoms with Crippen LogP contribution in [0.4, 0.5) is 0 Å². The molecule has 0 atom stereocenters. The van der Waals surface area contributed by atoms with Crippen molar-refractivity contribution in [2.45, 2.75) is 19.9 Å². The third-order valence-corrected chi connectivity index (χ3v) is 3.11. The summed E-state index contributed by atoms with van der Waals surface area (Å²) < 4.78 is 0. The Morgan fingerprint density at radius 1 is 1.24 bits per heavy atom. The summed E-state index contributed by atoms with van der Waals surface area (Å²) in [4.78, 5) is 24.1. The summed E-state index contributed by atoms with van der Waals surface area (Å²) >= 11 is 0. The molecule has 0 saturated carbocycles. The van der Waals surface area contributed by atoms with Crippen LogP contribution in [0.25, 0.3) is 22.4 Å². The van der Waals surface area contributed by atoms with Crippen LogP contribution < -0.4 is 5.32 Å². The monoisotopic (exact) mass is 280 g/mol. The first-order valence-corrected chi connectivity index (χ1v) is 6.85. The summed E-state index contributed by atoms with van der Waals surface area (Å²) in [6.07, 6.45) is 3.36.